The molecule has 0 saturated carbocycles. The first-order chi connectivity index (χ1) is 16.5. The zero-order valence-electron chi connectivity index (χ0n) is 19.5. The molecule has 0 aliphatic carbocycles. The van der Waals surface area contributed by atoms with Gasteiger partial charge in [0, 0.05) is 35.3 Å². The summed E-state index contributed by atoms with van der Waals surface area (Å²) in [6.45, 7) is 2.30. The zero-order chi connectivity index (χ0) is 23.9. The third-order valence-corrected chi connectivity index (χ3v) is 7.66. The van der Waals surface area contributed by atoms with Crippen LogP contribution >= 0.6 is 11.8 Å². The minimum Gasteiger partial charge on any atom is -0.497 e. The quantitative estimate of drug-likeness (QED) is 0.384. The number of hydrogen-bond donors (Lipinski definition) is 1. The number of nitrogens with zero attached hydrogens (tertiary/aromatic N) is 2. The summed E-state index contributed by atoms with van der Waals surface area (Å²) in [5.41, 5.74) is 2.17. The van der Waals surface area contributed by atoms with Crippen LogP contribution in [-0.4, -0.2) is 53.5 Å². The molecule has 0 spiro atoms. The number of rotatable bonds is 10. The second kappa shape index (κ2) is 11.7. The molecular weight excluding hydrogens is 451 g/mol. The number of fused-ring (bicyclic) bond motifs is 1. The molecule has 180 valence electrons. The zero-order valence-corrected chi connectivity index (χ0v) is 20.3. The Morgan fingerprint density at radius 2 is 2.15 bits per heavy atom. The summed E-state index contributed by atoms with van der Waals surface area (Å²) in [4.78, 5) is 19.6. The van der Waals surface area contributed by atoms with Crippen LogP contribution in [0.1, 0.15) is 24.8 Å². The number of methoxy groups -OCH3 is 1. The number of halogens is 1. The number of benzene rings is 2. The molecule has 2 atom stereocenters. The lowest BCUT2D eigenvalue weighted by Gasteiger charge is -2.36. The molecular formula is C27H31FN2O3S. The second-order valence-electron chi connectivity index (χ2n) is 8.85. The first kappa shape index (κ1) is 24.5. The minimum atomic E-state index is -0.702. The molecule has 1 saturated heterocycles. The van der Waals surface area contributed by atoms with Gasteiger partial charge in [-0.15, -0.1) is 11.8 Å². The van der Waals surface area contributed by atoms with Crippen LogP contribution in [0.3, 0.4) is 0 Å². The van der Waals surface area contributed by atoms with Gasteiger partial charge in [-0.1, -0.05) is 6.07 Å². The van der Waals surface area contributed by atoms with Crippen LogP contribution < -0.4 is 4.74 Å². The van der Waals surface area contributed by atoms with Crippen LogP contribution in [0.25, 0.3) is 10.9 Å². The largest absolute Gasteiger partial charge is 0.497 e. The van der Waals surface area contributed by atoms with Crippen LogP contribution in [0, 0.1) is 17.7 Å². The molecule has 2 aromatic carbocycles. The minimum absolute atomic E-state index is 0.187. The van der Waals surface area contributed by atoms with E-state index < -0.39 is 5.97 Å². The van der Waals surface area contributed by atoms with Crippen molar-refractivity contribution in [2.45, 2.75) is 30.6 Å². The van der Waals surface area contributed by atoms with Gasteiger partial charge >= 0.3 is 5.97 Å². The predicted molar refractivity (Wildman–Crippen MR) is 134 cm³/mol. The molecule has 34 heavy (non-hydrogen) atoms. The molecule has 0 unspecified atom stereocenters. The molecule has 1 aromatic heterocycles. The van der Waals surface area contributed by atoms with Crippen molar-refractivity contribution in [3.8, 4) is 5.75 Å². The standard InChI is InChI=1S/C27H31FN2O3S/c1-33-22-8-9-26-24(17-22)19(10-12-29-26)4-2-5-20-11-13-30(18-25(20)27(31)32)14-15-34-23-7-3-6-21(28)16-23/h3,6-10,12,16-17,20,25H,2,4-5,11,13-15,18H2,1H3,(H,31,32)/t20-,25+/m1/s1. The number of pyridine rings is 1. The fourth-order valence-electron chi connectivity index (χ4n) is 4.83. The van der Waals surface area contributed by atoms with Crippen molar-refractivity contribution in [2.75, 3.05) is 32.5 Å². The summed E-state index contributed by atoms with van der Waals surface area (Å²) in [7, 11) is 1.66. The van der Waals surface area contributed by atoms with E-state index in [0.717, 1.165) is 66.1 Å². The molecule has 3 aromatic rings. The Morgan fingerprint density at radius 1 is 1.26 bits per heavy atom. The number of hydrogen-bond acceptors (Lipinski definition) is 5. The Balaban J connectivity index is 1.29. The van der Waals surface area contributed by atoms with Crippen LogP contribution in [0.15, 0.2) is 59.6 Å². The van der Waals surface area contributed by atoms with Crippen molar-refractivity contribution in [2.24, 2.45) is 11.8 Å². The van der Waals surface area contributed by atoms with Crippen molar-refractivity contribution < 1.29 is 19.0 Å². The molecule has 0 amide bonds. The average Bonchev–Trinajstić information content (AvgIpc) is 2.84. The smallest absolute Gasteiger partial charge is 0.308 e. The second-order valence-corrected chi connectivity index (χ2v) is 10.0. The number of carbonyl (C=O) groups is 1. The van der Waals surface area contributed by atoms with Crippen molar-refractivity contribution in [1.29, 1.82) is 0 Å². The van der Waals surface area contributed by atoms with Crippen molar-refractivity contribution in [1.82, 2.24) is 9.88 Å². The van der Waals surface area contributed by atoms with Crippen LogP contribution in [0.2, 0.25) is 0 Å². The van der Waals surface area contributed by atoms with E-state index in [-0.39, 0.29) is 17.7 Å². The number of thioether (sulfide) groups is 1. The first-order valence-corrected chi connectivity index (χ1v) is 12.8. The molecule has 0 radical (unpaired) electrons. The highest BCUT2D eigenvalue weighted by Gasteiger charge is 2.33. The van der Waals surface area contributed by atoms with Gasteiger partial charge in [0.2, 0.25) is 0 Å². The normalized spacial score (nSPS) is 18.8. The highest BCUT2D eigenvalue weighted by Crippen LogP contribution is 2.30. The van der Waals surface area contributed by atoms with E-state index in [1.54, 1.807) is 31.0 Å². The van der Waals surface area contributed by atoms with Gasteiger partial charge in [0.25, 0.3) is 0 Å². The lowest BCUT2D eigenvalue weighted by molar-refractivity contribution is -0.146. The maximum atomic E-state index is 13.4. The third kappa shape index (κ3) is 6.27. The van der Waals surface area contributed by atoms with Gasteiger partial charge in [-0.05, 0) is 86.2 Å². The molecule has 2 heterocycles. The Bertz CT molecular complexity index is 1130. The summed E-state index contributed by atoms with van der Waals surface area (Å²) in [6, 6.07) is 14.6. The van der Waals surface area contributed by atoms with Crippen molar-refractivity contribution >= 4 is 28.6 Å². The highest BCUT2D eigenvalue weighted by molar-refractivity contribution is 7.99. The molecule has 1 aliphatic rings. The van der Waals surface area contributed by atoms with E-state index >= 15 is 0 Å². The first-order valence-electron chi connectivity index (χ1n) is 11.8. The number of likely N-dealkylation sites (tertiary alicyclic amines) is 1. The van der Waals surface area contributed by atoms with E-state index in [1.165, 1.54) is 11.6 Å². The molecule has 1 aliphatic heterocycles. The highest BCUT2D eigenvalue weighted by atomic mass is 32.2. The maximum absolute atomic E-state index is 13.4. The SMILES string of the molecule is COc1ccc2nccc(CCC[C@@H]3CCN(CCSc4cccc(F)c4)C[C@@H]3C(=O)O)c2c1. The Hall–Kier alpha value is -2.64. The van der Waals surface area contributed by atoms with Gasteiger partial charge in [0.05, 0.1) is 18.5 Å². The molecule has 0 bridgehead atoms. The summed E-state index contributed by atoms with van der Waals surface area (Å²) >= 11 is 1.61. The number of carboxylic acid groups (broad SMARTS) is 1. The molecule has 4 rings (SSSR count). The summed E-state index contributed by atoms with van der Waals surface area (Å²) in [5.74, 6) is 0.547. The van der Waals surface area contributed by atoms with E-state index in [4.69, 9.17) is 4.74 Å². The van der Waals surface area contributed by atoms with E-state index in [0.29, 0.717) is 6.54 Å². The molecule has 1 fully saturated rings. The van der Waals surface area contributed by atoms with E-state index in [2.05, 4.69) is 16.0 Å². The van der Waals surface area contributed by atoms with Gasteiger partial charge in [0.15, 0.2) is 0 Å². The van der Waals surface area contributed by atoms with Gasteiger partial charge in [-0.2, -0.15) is 0 Å². The summed E-state index contributed by atoms with van der Waals surface area (Å²) in [5, 5.41) is 11.0. The lowest BCUT2D eigenvalue weighted by Crippen LogP contribution is -2.44. The topological polar surface area (TPSA) is 62.7 Å². The predicted octanol–water partition coefficient (Wildman–Crippen LogP) is 5.52. The number of carboxylic acids is 1. The Kier molecular flexibility index (Phi) is 8.40. The number of aromatic nitrogens is 1. The number of aryl methyl sites for hydroxylation is 1. The van der Waals surface area contributed by atoms with Crippen molar-refractivity contribution in [3.63, 3.8) is 0 Å². The number of ether oxygens (including phenoxy) is 1. The van der Waals surface area contributed by atoms with Gasteiger partial charge in [-0.3, -0.25) is 9.78 Å². The number of piperidine rings is 1. The lowest BCUT2D eigenvalue weighted by atomic mass is 9.81. The average molecular weight is 483 g/mol. The Morgan fingerprint density at radius 3 is 2.94 bits per heavy atom. The fourth-order valence-corrected chi connectivity index (χ4v) is 5.78. The summed E-state index contributed by atoms with van der Waals surface area (Å²) < 4.78 is 18.7. The van der Waals surface area contributed by atoms with E-state index in [1.807, 2.05) is 30.5 Å². The van der Waals surface area contributed by atoms with E-state index in [9.17, 15) is 14.3 Å². The van der Waals surface area contributed by atoms with Gasteiger partial charge in [0.1, 0.15) is 11.6 Å². The molecule has 7 heteroatoms. The molecule has 5 nitrogen and oxygen atoms in total. The summed E-state index contributed by atoms with van der Waals surface area (Å²) in [6.07, 6.45) is 5.47. The Labute approximate surface area is 204 Å². The molecule has 1 N–H and O–H groups in total. The van der Waals surface area contributed by atoms with Crippen molar-refractivity contribution in [3.05, 3.63) is 66.1 Å². The maximum Gasteiger partial charge on any atom is 0.308 e. The van der Waals surface area contributed by atoms with Gasteiger partial charge < -0.3 is 14.7 Å². The number of aliphatic carboxylic acids is 1. The van der Waals surface area contributed by atoms with Crippen LogP contribution in [-0.2, 0) is 11.2 Å². The monoisotopic (exact) mass is 482 g/mol. The fraction of sp³-hybridized carbons (Fsp3) is 0.407. The third-order valence-electron chi connectivity index (χ3n) is 6.69. The van der Waals surface area contributed by atoms with Crippen LogP contribution in [0.4, 0.5) is 4.39 Å². The van der Waals surface area contributed by atoms with Gasteiger partial charge in [-0.25, -0.2) is 4.39 Å². The van der Waals surface area contributed by atoms with Crippen LogP contribution in [0.5, 0.6) is 5.75 Å².